The average molecular weight is 401 g/mol. The lowest BCUT2D eigenvalue weighted by atomic mass is 10.1. The summed E-state index contributed by atoms with van der Waals surface area (Å²) in [6, 6.07) is 21.3. The first-order chi connectivity index (χ1) is 14.1. The molecule has 0 atom stereocenters. The van der Waals surface area contributed by atoms with Crippen LogP contribution in [0, 0.1) is 6.92 Å². The summed E-state index contributed by atoms with van der Waals surface area (Å²) in [4.78, 5) is 29.0. The van der Waals surface area contributed by atoms with E-state index in [0.29, 0.717) is 10.7 Å². The van der Waals surface area contributed by atoms with Gasteiger partial charge in [0.25, 0.3) is 5.91 Å². The minimum absolute atomic E-state index is 0.120. The molecule has 2 N–H and O–H groups in total. The Bertz CT molecular complexity index is 1180. The maximum atomic E-state index is 12.4. The number of fused-ring (bicyclic) bond motifs is 1. The topological polar surface area (TPSA) is 71.1 Å². The zero-order valence-corrected chi connectivity index (χ0v) is 16.6. The van der Waals surface area contributed by atoms with Gasteiger partial charge in [-0.15, -0.1) is 11.3 Å². The van der Waals surface area contributed by atoms with Crippen molar-refractivity contribution < 1.29 is 9.59 Å². The summed E-state index contributed by atoms with van der Waals surface area (Å²) in [6.07, 6.45) is 0. The maximum absolute atomic E-state index is 12.4. The Morgan fingerprint density at radius 1 is 0.966 bits per heavy atom. The lowest BCUT2D eigenvalue weighted by molar-refractivity contribution is -0.115. The van der Waals surface area contributed by atoms with Crippen molar-refractivity contribution in [2.24, 2.45) is 0 Å². The van der Waals surface area contributed by atoms with Gasteiger partial charge in [-0.05, 0) is 29.8 Å². The molecule has 0 aliphatic carbocycles. The third-order valence-corrected chi connectivity index (χ3v) is 5.28. The predicted octanol–water partition coefficient (Wildman–Crippen LogP) is 4.64. The van der Waals surface area contributed by atoms with Gasteiger partial charge in [0.1, 0.15) is 0 Å². The summed E-state index contributed by atoms with van der Waals surface area (Å²) >= 11 is 1.35. The van der Waals surface area contributed by atoms with E-state index in [4.69, 9.17) is 0 Å². The Morgan fingerprint density at radius 3 is 2.52 bits per heavy atom. The first-order valence-electron chi connectivity index (χ1n) is 9.18. The van der Waals surface area contributed by atoms with Crippen molar-refractivity contribution in [1.82, 2.24) is 10.3 Å². The number of benzene rings is 3. The highest BCUT2D eigenvalue weighted by Gasteiger charge is 2.11. The van der Waals surface area contributed by atoms with E-state index >= 15 is 0 Å². The largest absolute Gasteiger partial charge is 0.343 e. The van der Waals surface area contributed by atoms with Crippen LogP contribution in [0.1, 0.15) is 15.9 Å². The van der Waals surface area contributed by atoms with E-state index in [1.54, 1.807) is 6.07 Å². The van der Waals surface area contributed by atoms with Gasteiger partial charge in [0.05, 0.1) is 12.2 Å². The number of thiazole rings is 1. The molecule has 0 unspecified atom stereocenters. The highest BCUT2D eigenvalue weighted by molar-refractivity contribution is 7.14. The summed E-state index contributed by atoms with van der Waals surface area (Å²) in [7, 11) is 0. The minimum atomic E-state index is -0.316. The summed E-state index contributed by atoms with van der Waals surface area (Å²) in [5, 5.41) is 9.84. The van der Waals surface area contributed by atoms with E-state index in [0.717, 1.165) is 22.0 Å². The van der Waals surface area contributed by atoms with Crippen molar-refractivity contribution in [3.8, 4) is 11.3 Å². The monoisotopic (exact) mass is 401 g/mol. The normalized spacial score (nSPS) is 10.7. The molecule has 0 saturated heterocycles. The van der Waals surface area contributed by atoms with Gasteiger partial charge < -0.3 is 10.6 Å². The summed E-state index contributed by atoms with van der Waals surface area (Å²) < 4.78 is 0. The highest BCUT2D eigenvalue weighted by Crippen LogP contribution is 2.25. The molecule has 5 nitrogen and oxygen atoms in total. The Kier molecular flexibility index (Phi) is 5.35. The quantitative estimate of drug-likeness (QED) is 0.512. The van der Waals surface area contributed by atoms with Gasteiger partial charge in [-0.2, -0.15) is 0 Å². The van der Waals surface area contributed by atoms with E-state index in [1.165, 1.54) is 16.9 Å². The standard InChI is InChI=1S/C23H19N3O2S/c1-15-6-8-17(9-7-15)20-14-29-23(25-20)26-21(27)13-24-22(28)19-11-10-16-4-2-3-5-18(16)12-19/h2-12,14H,13H2,1H3,(H,24,28)(H,25,26,27). The van der Waals surface area contributed by atoms with Gasteiger partial charge in [-0.3, -0.25) is 9.59 Å². The number of nitrogens with one attached hydrogen (secondary N) is 2. The molecule has 144 valence electrons. The van der Waals surface area contributed by atoms with Gasteiger partial charge in [-0.1, -0.05) is 60.2 Å². The van der Waals surface area contributed by atoms with Gasteiger partial charge >= 0.3 is 0 Å². The van der Waals surface area contributed by atoms with E-state index in [1.807, 2.05) is 73.0 Å². The molecule has 0 fully saturated rings. The number of carbonyl (C=O) groups is 2. The Balaban J connectivity index is 1.35. The van der Waals surface area contributed by atoms with E-state index < -0.39 is 0 Å². The van der Waals surface area contributed by atoms with Crippen molar-refractivity contribution in [2.75, 3.05) is 11.9 Å². The number of rotatable bonds is 5. The number of anilines is 1. The Hall–Kier alpha value is -3.51. The van der Waals surface area contributed by atoms with Crippen LogP contribution in [0.2, 0.25) is 0 Å². The van der Waals surface area contributed by atoms with Gasteiger partial charge in [-0.25, -0.2) is 4.98 Å². The molecule has 29 heavy (non-hydrogen) atoms. The number of carbonyl (C=O) groups excluding carboxylic acids is 2. The molecule has 1 heterocycles. The molecule has 0 saturated carbocycles. The molecule has 0 radical (unpaired) electrons. The van der Waals surface area contributed by atoms with Crippen LogP contribution in [-0.4, -0.2) is 23.3 Å². The van der Waals surface area contributed by atoms with Crippen LogP contribution >= 0.6 is 11.3 Å². The Labute approximate surface area is 172 Å². The minimum Gasteiger partial charge on any atom is -0.343 e. The van der Waals surface area contributed by atoms with Crippen LogP contribution < -0.4 is 10.6 Å². The van der Waals surface area contributed by atoms with Crippen molar-refractivity contribution in [2.45, 2.75) is 6.92 Å². The third-order valence-electron chi connectivity index (χ3n) is 4.52. The zero-order chi connectivity index (χ0) is 20.2. The van der Waals surface area contributed by atoms with E-state index in [-0.39, 0.29) is 18.4 Å². The summed E-state index contributed by atoms with van der Waals surface area (Å²) in [6.45, 7) is 1.91. The smallest absolute Gasteiger partial charge is 0.251 e. The van der Waals surface area contributed by atoms with Crippen LogP contribution in [0.4, 0.5) is 5.13 Å². The predicted molar refractivity (Wildman–Crippen MR) is 117 cm³/mol. The molecular weight excluding hydrogens is 382 g/mol. The van der Waals surface area contributed by atoms with Crippen molar-refractivity contribution in [3.63, 3.8) is 0 Å². The number of hydrogen-bond acceptors (Lipinski definition) is 4. The van der Waals surface area contributed by atoms with Crippen LogP contribution in [0.5, 0.6) is 0 Å². The van der Waals surface area contributed by atoms with Crippen molar-refractivity contribution in [1.29, 1.82) is 0 Å². The van der Waals surface area contributed by atoms with Crippen LogP contribution in [-0.2, 0) is 4.79 Å². The molecule has 0 aliphatic rings. The number of aromatic nitrogens is 1. The first-order valence-corrected chi connectivity index (χ1v) is 10.1. The molecule has 4 rings (SSSR count). The lowest BCUT2D eigenvalue weighted by Gasteiger charge is -2.06. The van der Waals surface area contributed by atoms with Gasteiger partial charge in [0.2, 0.25) is 5.91 Å². The maximum Gasteiger partial charge on any atom is 0.251 e. The molecular formula is C23H19N3O2S. The highest BCUT2D eigenvalue weighted by atomic mass is 32.1. The summed E-state index contributed by atoms with van der Waals surface area (Å²) in [5.41, 5.74) is 3.51. The van der Waals surface area contributed by atoms with Gasteiger partial charge in [0.15, 0.2) is 5.13 Å². The molecule has 0 bridgehead atoms. The molecule has 6 heteroatoms. The van der Waals surface area contributed by atoms with Crippen LogP contribution in [0.3, 0.4) is 0 Å². The number of nitrogens with zero attached hydrogens (tertiary/aromatic N) is 1. The number of aryl methyl sites for hydroxylation is 1. The van der Waals surface area contributed by atoms with Crippen molar-refractivity contribution >= 4 is 39.1 Å². The first kappa shape index (κ1) is 18.8. The lowest BCUT2D eigenvalue weighted by Crippen LogP contribution is -2.32. The molecule has 2 amide bonds. The number of hydrogen-bond donors (Lipinski definition) is 2. The Morgan fingerprint density at radius 2 is 1.72 bits per heavy atom. The second kappa shape index (κ2) is 8.24. The fourth-order valence-corrected chi connectivity index (χ4v) is 3.68. The molecule has 0 spiro atoms. The SMILES string of the molecule is Cc1ccc(-c2csc(NC(=O)CNC(=O)c3ccc4ccccc4c3)n2)cc1. The van der Waals surface area contributed by atoms with E-state index in [9.17, 15) is 9.59 Å². The van der Waals surface area contributed by atoms with Crippen LogP contribution in [0.15, 0.2) is 72.1 Å². The molecule has 4 aromatic rings. The fraction of sp³-hybridized carbons (Fsp3) is 0.0870. The third kappa shape index (κ3) is 4.50. The molecule has 1 aromatic heterocycles. The van der Waals surface area contributed by atoms with Crippen molar-refractivity contribution in [3.05, 3.63) is 83.2 Å². The second-order valence-electron chi connectivity index (χ2n) is 6.70. The molecule has 3 aromatic carbocycles. The summed E-state index contributed by atoms with van der Waals surface area (Å²) in [5.74, 6) is -0.602. The zero-order valence-electron chi connectivity index (χ0n) is 15.8. The molecule has 0 aliphatic heterocycles. The van der Waals surface area contributed by atoms with E-state index in [2.05, 4.69) is 15.6 Å². The van der Waals surface area contributed by atoms with Gasteiger partial charge in [0, 0.05) is 16.5 Å². The van der Waals surface area contributed by atoms with Crippen LogP contribution in [0.25, 0.3) is 22.0 Å². The number of amides is 2. The average Bonchev–Trinajstić information content (AvgIpc) is 3.20. The second-order valence-corrected chi connectivity index (χ2v) is 7.55. The fourth-order valence-electron chi connectivity index (χ4n) is 2.94.